The van der Waals surface area contributed by atoms with Gasteiger partial charge in [0.25, 0.3) is 0 Å². The van der Waals surface area contributed by atoms with Crippen LogP contribution in [-0.2, 0) is 27.3 Å². The van der Waals surface area contributed by atoms with Crippen LogP contribution in [0.5, 0.6) is 0 Å². The molecule has 0 bridgehead atoms. The average molecular weight is 461 g/mol. The summed E-state index contributed by atoms with van der Waals surface area (Å²) in [5.41, 5.74) is 7.06. The van der Waals surface area contributed by atoms with Crippen LogP contribution >= 0.6 is 33.0 Å². The molecular formula is C17H15BrCl2Zr. The Morgan fingerprint density at radius 3 is 2.38 bits per heavy atom. The van der Waals surface area contributed by atoms with Crippen LogP contribution in [0.15, 0.2) is 52.5 Å². The van der Waals surface area contributed by atoms with Crippen molar-refractivity contribution >= 4 is 39.0 Å². The third-order valence-electron chi connectivity index (χ3n) is 3.57. The van der Waals surface area contributed by atoms with Gasteiger partial charge in [0, 0.05) is 4.47 Å². The summed E-state index contributed by atoms with van der Waals surface area (Å²) in [6.07, 6.45) is 4.64. The van der Waals surface area contributed by atoms with Gasteiger partial charge in [0.1, 0.15) is 0 Å². The van der Waals surface area contributed by atoms with Crippen LogP contribution < -0.4 is 0 Å². The quantitative estimate of drug-likeness (QED) is 0.459. The SMILES string of the molecule is CCC1=Cc2c(cccc2-c2ccc(Br)cc2)C1.[Cl][Zr][Cl]. The number of fused-ring (bicyclic) bond motifs is 1. The predicted octanol–water partition coefficient (Wildman–Crippen LogP) is 6.84. The van der Waals surface area contributed by atoms with Crippen molar-refractivity contribution in [2.75, 3.05) is 0 Å². The van der Waals surface area contributed by atoms with Gasteiger partial charge in [0.05, 0.1) is 0 Å². The Labute approximate surface area is 153 Å². The molecule has 2 aromatic rings. The summed E-state index contributed by atoms with van der Waals surface area (Å²) in [7, 11) is 9.87. The van der Waals surface area contributed by atoms with Gasteiger partial charge in [0.2, 0.25) is 0 Å². The van der Waals surface area contributed by atoms with Crippen molar-refractivity contribution in [3.63, 3.8) is 0 Å². The number of halogens is 3. The molecule has 108 valence electrons. The first-order chi connectivity index (χ1) is 10.2. The summed E-state index contributed by atoms with van der Waals surface area (Å²) in [4.78, 5) is 0. The molecular weight excluding hydrogens is 446 g/mol. The van der Waals surface area contributed by atoms with Crippen LogP contribution in [-0.4, -0.2) is 0 Å². The summed E-state index contributed by atoms with van der Waals surface area (Å²) >= 11 is 2.66. The molecule has 0 aliphatic heterocycles. The zero-order chi connectivity index (χ0) is 15.2. The number of allylic oxidation sites excluding steroid dienone is 1. The molecule has 0 nitrogen and oxygen atoms in total. The third-order valence-corrected chi connectivity index (χ3v) is 4.10. The van der Waals surface area contributed by atoms with Crippen LogP contribution in [0.2, 0.25) is 0 Å². The molecule has 0 fully saturated rings. The van der Waals surface area contributed by atoms with Crippen molar-refractivity contribution in [3.05, 3.63) is 63.6 Å². The van der Waals surface area contributed by atoms with Gasteiger partial charge >= 0.3 is 37.9 Å². The monoisotopic (exact) mass is 458 g/mol. The third kappa shape index (κ3) is 4.55. The van der Waals surface area contributed by atoms with Crippen molar-refractivity contribution in [3.8, 4) is 11.1 Å². The van der Waals surface area contributed by atoms with E-state index in [2.05, 4.69) is 71.4 Å². The second-order valence-corrected chi connectivity index (χ2v) is 9.44. The zero-order valence-corrected chi connectivity index (χ0v) is 17.2. The molecule has 0 N–H and O–H groups in total. The Balaban J connectivity index is 0.000000497. The average Bonchev–Trinajstić information content (AvgIpc) is 2.92. The van der Waals surface area contributed by atoms with Crippen LogP contribution in [0.1, 0.15) is 24.5 Å². The van der Waals surface area contributed by atoms with E-state index in [1.165, 1.54) is 27.8 Å². The first kappa shape index (κ1) is 17.5. The van der Waals surface area contributed by atoms with E-state index in [1.54, 1.807) is 0 Å². The summed E-state index contributed by atoms with van der Waals surface area (Å²) in [6.45, 7) is 2.23. The Kier molecular flexibility index (Phi) is 7.22. The number of hydrogen-bond acceptors (Lipinski definition) is 0. The van der Waals surface area contributed by atoms with Gasteiger partial charge in [-0.15, -0.1) is 0 Å². The second kappa shape index (κ2) is 8.68. The first-order valence-electron chi connectivity index (χ1n) is 6.73. The fourth-order valence-corrected chi connectivity index (χ4v) is 2.81. The molecule has 3 rings (SSSR count). The van der Waals surface area contributed by atoms with Crippen LogP contribution in [0.25, 0.3) is 17.2 Å². The van der Waals surface area contributed by atoms with E-state index in [4.69, 9.17) is 17.0 Å². The molecule has 0 radical (unpaired) electrons. The molecule has 0 atom stereocenters. The topological polar surface area (TPSA) is 0 Å². The van der Waals surface area contributed by atoms with Crippen molar-refractivity contribution < 1.29 is 20.8 Å². The molecule has 0 unspecified atom stereocenters. The van der Waals surface area contributed by atoms with Gasteiger partial charge in [-0.25, -0.2) is 0 Å². The zero-order valence-electron chi connectivity index (χ0n) is 11.7. The van der Waals surface area contributed by atoms with Gasteiger partial charge in [0.15, 0.2) is 0 Å². The molecule has 0 heterocycles. The first-order valence-corrected chi connectivity index (χ1v) is 13.9. The van der Waals surface area contributed by atoms with Crippen LogP contribution in [0, 0.1) is 0 Å². The van der Waals surface area contributed by atoms with Crippen molar-refractivity contribution in [2.24, 2.45) is 0 Å². The van der Waals surface area contributed by atoms with Gasteiger partial charge in [-0.1, -0.05) is 64.8 Å². The van der Waals surface area contributed by atoms with E-state index in [1.807, 2.05) is 0 Å². The minimum absolute atomic E-state index is 0.826. The second-order valence-electron chi connectivity index (χ2n) is 4.79. The van der Waals surface area contributed by atoms with Gasteiger partial charge in [-0.3, -0.25) is 0 Å². The standard InChI is InChI=1S/C17H15Br.2ClH.Zr/c1-2-12-10-14-4-3-5-16(17(14)11-12)13-6-8-15(18)9-7-13;;;/h3-9,11H,2,10H2,1H3;2*1H;/q;;;+2/p-2. The van der Waals surface area contributed by atoms with Gasteiger partial charge < -0.3 is 0 Å². The summed E-state index contributed by atoms with van der Waals surface area (Å²) in [5, 5.41) is 0. The molecule has 21 heavy (non-hydrogen) atoms. The van der Waals surface area contributed by atoms with E-state index >= 15 is 0 Å². The Bertz CT molecular complexity index is 636. The maximum absolute atomic E-state index is 4.93. The van der Waals surface area contributed by atoms with Gasteiger partial charge in [-0.05, 0) is 47.2 Å². The van der Waals surface area contributed by atoms with E-state index in [0.29, 0.717) is 0 Å². The van der Waals surface area contributed by atoms with E-state index < -0.39 is 20.8 Å². The van der Waals surface area contributed by atoms with Crippen molar-refractivity contribution in [2.45, 2.75) is 19.8 Å². The number of rotatable bonds is 2. The van der Waals surface area contributed by atoms with Crippen molar-refractivity contribution in [1.82, 2.24) is 0 Å². The summed E-state index contributed by atoms with van der Waals surface area (Å²) in [6, 6.07) is 15.2. The minimum atomic E-state index is -0.826. The molecule has 1 aliphatic rings. The molecule has 4 heteroatoms. The normalized spacial score (nSPS) is 12.1. The summed E-state index contributed by atoms with van der Waals surface area (Å²) in [5.74, 6) is 0. The molecule has 0 spiro atoms. The maximum atomic E-state index is 4.93. The van der Waals surface area contributed by atoms with Crippen LogP contribution in [0.4, 0.5) is 0 Å². The molecule has 2 aromatic carbocycles. The van der Waals surface area contributed by atoms with Gasteiger partial charge in [-0.2, -0.15) is 0 Å². The van der Waals surface area contributed by atoms with Crippen LogP contribution in [0.3, 0.4) is 0 Å². The molecule has 1 aliphatic carbocycles. The Morgan fingerprint density at radius 2 is 1.76 bits per heavy atom. The molecule has 0 saturated carbocycles. The van der Waals surface area contributed by atoms with E-state index in [-0.39, 0.29) is 0 Å². The predicted molar refractivity (Wildman–Crippen MR) is 93.3 cm³/mol. The number of benzene rings is 2. The van der Waals surface area contributed by atoms with Crippen molar-refractivity contribution in [1.29, 1.82) is 0 Å². The number of hydrogen-bond donors (Lipinski definition) is 0. The summed E-state index contributed by atoms with van der Waals surface area (Å²) < 4.78 is 1.13. The van der Waals surface area contributed by atoms with E-state index in [0.717, 1.165) is 17.3 Å². The fraction of sp³-hybridized carbons (Fsp3) is 0.176. The Hall–Kier alpha value is 0.123. The molecule has 0 amide bonds. The molecule has 0 saturated heterocycles. The Morgan fingerprint density at radius 1 is 1.10 bits per heavy atom. The fourth-order valence-electron chi connectivity index (χ4n) is 2.55. The molecule has 0 aromatic heterocycles. The van der Waals surface area contributed by atoms with E-state index in [9.17, 15) is 0 Å².